The van der Waals surface area contributed by atoms with E-state index in [1.807, 2.05) is 13.8 Å². The molecule has 0 fully saturated rings. The van der Waals surface area contributed by atoms with Gasteiger partial charge in [-0.05, 0) is 34.8 Å². The van der Waals surface area contributed by atoms with Gasteiger partial charge in [0, 0.05) is 6.54 Å². The second-order valence-electron chi connectivity index (χ2n) is 6.49. The maximum absolute atomic E-state index is 5.64. The lowest BCUT2D eigenvalue weighted by atomic mass is 9.72. The normalized spacial score (nSPS) is 12.9. The molecule has 1 heteroatoms. The van der Waals surface area contributed by atoms with Gasteiger partial charge in [0.05, 0.1) is 0 Å². The lowest BCUT2D eigenvalue weighted by molar-refractivity contribution is 0.280. The smallest absolute Gasteiger partial charge is 0.0178 e. The third-order valence-corrected chi connectivity index (χ3v) is 3.37. The van der Waals surface area contributed by atoms with Gasteiger partial charge in [-0.1, -0.05) is 72.7 Å². The van der Waals surface area contributed by atoms with Gasteiger partial charge in [-0.2, -0.15) is 0 Å². The van der Waals surface area contributed by atoms with Crippen LogP contribution in [0.25, 0.3) is 0 Å². The lowest BCUT2D eigenvalue weighted by Crippen LogP contribution is -2.20. The van der Waals surface area contributed by atoms with Crippen LogP contribution in [0.15, 0.2) is 24.3 Å². The van der Waals surface area contributed by atoms with Crippen molar-refractivity contribution >= 4 is 0 Å². The van der Waals surface area contributed by atoms with Crippen molar-refractivity contribution in [3.63, 3.8) is 0 Å². The minimum Gasteiger partial charge on any atom is -0.326 e. The first-order valence-corrected chi connectivity index (χ1v) is 7.63. The monoisotopic (exact) mass is 263 g/mol. The van der Waals surface area contributed by atoms with Gasteiger partial charge < -0.3 is 5.73 Å². The maximum Gasteiger partial charge on any atom is 0.0178 e. The molecule has 1 aromatic carbocycles. The van der Waals surface area contributed by atoms with Crippen molar-refractivity contribution in [1.82, 2.24) is 0 Å². The zero-order valence-electron chi connectivity index (χ0n) is 14.0. The molecule has 0 aliphatic heterocycles. The average Bonchev–Trinajstić information content (AvgIpc) is 2.37. The summed E-state index contributed by atoms with van der Waals surface area (Å²) in [6.07, 6.45) is 1.24. The predicted molar refractivity (Wildman–Crippen MR) is 87.3 cm³/mol. The third-order valence-electron chi connectivity index (χ3n) is 3.37. The van der Waals surface area contributed by atoms with Crippen LogP contribution in [-0.4, -0.2) is 0 Å². The summed E-state index contributed by atoms with van der Waals surface area (Å²) in [4.78, 5) is 0. The number of hydrogen-bond donors (Lipinski definition) is 1. The maximum atomic E-state index is 5.64. The van der Waals surface area contributed by atoms with Gasteiger partial charge in [0.25, 0.3) is 0 Å². The quantitative estimate of drug-likeness (QED) is 0.779. The molecule has 0 amide bonds. The van der Waals surface area contributed by atoms with Crippen molar-refractivity contribution in [3.8, 4) is 0 Å². The zero-order chi connectivity index (χ0) is 15.1. The Bertz CT molecular complexity index is 330. The zero-order valence-corrected chi connectivity index (χ0v) is 14.0. The number of nitrogens with two attached hydrogens (primary N) is 1. The van der Waals surface area contributed by atoms with Gasteiger partial charge in [0.1, 0.15) is 0 Å². The van der Waals surface area contributed by atoms with Crippen molar-refractivity contribution < 1.29 is 0 Å². The van der Waals surface area contributed by atoms with Crippen LogP contribution < -0.4 is 5.73 Å². The van der Waals surface area contributed by atoms with E-state index in [9.17, 15) is 0 Å². The molecule has 110 valence electrons. The molecule has 0 bridgehead atoms. The molecule has 0 aliphatic carbocycles. The fourth-order valence-corrected chi connectivity index (χ4v) is 2.35. The molecule has 1 aromatic rings. The van der Waals surface area contributed by atoms with Crippen molar-refractivity contribution in [2.45, 2.75) is 67.3 Å². The summed E-state index contributed by atoms with van der Waals surface area (Å²) in [6, 6.07) is 8.82. The van der Waals surface area contributed by atoms with E-state index < -0.39 is 0 Å². The predicted octanol–water partition coefficient (Wildman–Crippen LogP) is 5.35. The minimum absolute atomic E-state index is 0.314. The molecule has 2 N–H and O–H groups in total. The molecule has 0 saturated heterocycles. The lowest BCUT2D eigenvalue weighted by Gasteiger charge is -2.32. The number of rotatable bonds is 4. The highest BCUT2D eigenvalue weighted by Crippen LogP contribution is 2.39. The van der Waals surface area contributed by atoms with E-state index in [0.29, 0.717) is 17.9 Å². The van der Waals surface area contributed by atoms with Gasteiger partial charge in [-0.3, -0.25) is 0 Å². The Labute approximate surface area is 120 Å². The number of hydrogen-bond acceptors (Lipinski definition) is 1. The summed E-state index contributed by atoms with van der Waals surface area (Å²) in [6.45, 7) is 16.2. The molecule has 0 saturated carbocycles. The Hall–Kier alpha value is -0.820. The molecule has 1 nitrogen and oxygen atoms in total. The summed E-state index contributed by atoms with van der Waals surface area (Å²) in [5.41, 5.74) is 8.62. The van der Waals surface area contributed by atoms with E-state index in [1.165, 1.54) is 17.5 Å². The second kappa shape index (κ2) is 8.37. The SMILES string of the molecule is CC.CC(C)CC(c1ccc(CN)cc1)C(C)(C)C. The van der Waals surface area contributed by atoms with Gasteiger partial charge in [0.15, 0.2) is 0 Å². The molecule has 0 spiro atoms. The highest BCUT2D eigenvalue weighted by atomic mass is 14.5. The fourth-order valence-electron chi connectivity index (χ4n) is 2.35. The molecule has 19 heavy (non-hydrogen) atoms. The van der Waals surface area contributed by atoms with Crippen LogP contribution in [0, 0.1) is 11.3 Å². The van der Waals surface area contributed by atoms with Crippen LogP contribution in [0.1, 0.15) is 71.9 Å². The molecule has 1 atom stereocenters. The minimum atomic E-state index is 0.314. The molecule has 1 rings (SSSR count). The topological polar surface area (TPSA) is 26.0 Å². The van der Waals surface area contributed by atoms with Crippen molar-refractivity contribution in [2.24, 2.45) is 17.1 Å². The molecule has 0 aliphatic rings. The van der Waals surface area contributed by atoms with E-state index >= 15 is 0 Å². The van der Waals surface area contributed by atoms with Crippen LogP contribution >= 0.6 is 0 Å². The van der Waals surface area contributed by atoms with E-state index in [2.05, 4.69) is 58.9 Å². The summed E-state index contributed by atoms with van der Waals surface area (Å²) < 4.78 is 0. The van der Waals surface area contributed by atoms with E-state index in [4.69, 9.17) is 5.73 Å². The first kappa shape index (κ1) is 18.2. The first-order chi connectivity index (χ1) is 8.84. The van der Waals surface area contributed by atoms with Gasteiger partial charge in [-0.25, -0.2) is 0 Å². The van der Waals surface area contributed by atoms with Crippen LogP contribution in [0.2, 0.25) is 0 Å². The molecule has 0 radical (unpaired) electrons. The molecular formula is C18H33N. The van der Waals surface area contributed by atoms with E-state index in [1.54, 1.807) is 0 Å². The summed E-state index contributed by atoms with van der Waals surface area (Å²) >= 11 is 0. The molecule has 0 aromatic heterocycles. The average molecular weight is 263 g/mol. The second-order valence-corrected chi connectivity index (χ2v) is 6.49. The summed E-state index contributed by atoms with van der Waals surface area (Å²) in [5.74, 6) is 1.35. The first-order valence-electron chi connectivity index (χ1n) is 7.63. The van der Waals surface area contributed by atoms with Gasteiger partial charge >= 0.3 is 0 Å². The largest absolute Gasteiger partial charge is 0.326 e. The summed E-state index contributed by atoms with van der Waals surface area (Å²) in [7, 11) is 0. The van der Waals surface area contributed by atoms with Gasteiger partial charge in [0.2, 0.25) is 0 Å². The van der Waals surface area contributed by atoms with Crippen molar-refractivity contribution in [2.75, 3.05) is 0 Å². The van der Waals surface area contributed by atoms with Crippen molar-refractivity contribution in [3.05, 3.63) is 35.4 Å². The molecular weight excluding hydrogens is 230 g/mol. The molecule has 1 unspecified atom stereocenters. The highest BCUT2D eigenvalue weighted by Gasteiger charge is 2.26. The Kier molecular flexibility index (Phi) is 8.01. The van der Waals surface area contributed by atoms with Crippen LogP contribution in [0.5, 0.6) is 0 Å². The Morgan fingerprint density at radius 1 is 1.00 bits per heavy atom. The highest BCUT2D eigenvalue weighted by molar-refractivity contribution is 5.26. The van der Waals surface area contributed by atoms with E-state index in [-0.39, 0.29) is 0 Å². The molecule has 0 heterocycles. The fraction of sp³-hybridized carbons (Fsp3) is 0.667. The number of benzene rings is 1. The van der Waals surface area contributed by atoms with Gasteiger partial charge in [-0.15, -0.1) is 0 Å². The Balaban J connectivity index is 0.00000154. The summed E-state index contributed by atoms with van der Waals surface area (Å²) in [5, 5.41) is 0. The van der Waals surface area contributed by atoms with Crippen LogP contribution in [0.4, 0.5) is 0 Å². The van der Waals surface area contributed by atoms with Crippen molar-refractivity contribution in [1.29, 1.82) is 0 Å². The Morgan fingerprint density at radius 2 is 1.47 bits per heavy atom. The van der Waals surface area contributed by atoms with E-state index in [0.717, 1.165) is 5.92 Å². The standard InChI is InChI=1S/C16H27N.C2H6/c1-12(2)10-15(16(3,4)5)14-8-6-13(11-17)7-9-14;1-2/h6-9,12,15H,10-11,17H2,1-5H3;1-2H3. The van der Waals surface area contributed by atoms with Crippen LogP contribution in [-0.2, 0) is 6.54 Å². The third kappa shape index (κ3) is 6.24. The van der Waals surface area contributed by atoms with Crippen LogP contribution in [0.3, 0.4) is 0 Å². The Morgan fingerprint density at radius 3 is 1.79 bits per heavy atom.